The van der Waals surface area contributed by atoms with E-state index in [9.17, 15) is 26.3 Å². The summed E-state index contributed by atoms with van der Waals surface area (Å²) in [5.41, 5.74) is -4.78. The van der Waals surface area contributed by atoms with Crippen LogP contribution in [-0.4, -0.2) is 30.1 Å². The first kappa shape index (κ1) is 13.6. The highest BCUT2D eigenvalue weighted by molar-refractivity contribution is 7.10. The Morgan fingerprint density at radius 1 is 1.33 bits per heavy atom. The van der Waals surface area contributed by atoms with E-state index in [0.717, 1.165) is 24.5 Å². The molecule has 1 fully saturated rings. The Hall–Kier alpha value is -0.800. The second-order valence-electron chi connectivity index (χ2n) is 3.78. The molecule has 0 aromatic carbocycles. The largest absolute Gasteiger partial charge is 0.433 e. The van der Waals surface area contributed by atoms with E-state index in [0.29, 0.717) is 0 Å². The maximum Gasteiger partial charge on any atom is 0.433 e. The zero-order chi connectivity index (χ0) is 13.8. The van der Waals surface area contributed by atoms with E-state index in [4.69, 9.17) is 0 Å². The SMILES string of the molecule is CN1OC(F)(F)C(F)(C(F)(F)F)C1c1cccs1. The van der Waals surface area contributed by atoms with Crippen LogP contribution >= 0.6 is 11.3 Å². The van der Waals surface area contributed by atoms with E-state index in [1.54, 1.807) is 0 Å². The molecule has 18 heavy (non-hydrogen) atoms. The molecule has 9 heteroatoms. The summed E-state index contributed by atoms with van der Waals surface area (Å²) in [6, 6.07) is 0.269. The molecule has 0 amide bonds. The molecular weight excluding hydrogens is 284 g/mol. The lowest BCUT2D eigenvalue weighted by atomic mass is 9.94. The molecule has 0 N–H and O–H groups in total. The van der Waals surface area contributed by atoms with Crippen molar-refractivity contribution in [1.82, 2.24) is 5.06 Å². The summed E-state index contributed by atoms with van der Waals surface area (Å²) in [6.45, 7) is 0. The third-order valence-corrected chi connectivity index (χ3v) is 3.57. The molecule has 2 atom stereocenters. The highest BCUT2D eigenvalue weighted by Crippen LogP contribution is 2.59. The van der Waals surface area contributed by atoms with Crippen LogP contribution in [0.2, 0.25) is 0 Å². The van der Waals surface area contributed by atoms with E-state index in [1.807, 2.05) is 0 Å². The number of rotatable bonds is 1. The van der Waals surface area contributed by atoms with Crippen LogP contribution in [0.4, 0.5) is 26.3 Å². The highest BCUT2D eigenvalue weighted by Gasteiger charge is 2.82. The van der Waals surface area contributed by atoms with Crippen molar-refractivity contribution in [2.45, 2.75) is 24.0 Å². The Balaban J connectivity index is 2.56. The minimum atomic E-state index is -5.75. The maximum atomic E-state index is 14.0. The predicted molar refractivity (Wildman–Crippen MR) is 50.7 cm³/mol. The van der Waals surface area contributed by atoms with Gasteiger partial charge in [0, 0.05) is 11.9 Å². The number of hydrogen-bond acceptors (Lipinski definition) is 3. The van der Waals surface area contributed by atoms with Crippen LogP contribution in [0.25, 0.3) is 0 Å². The van der Waals surface area contributed by atoms with E-state index in [1.165, 1.54) is 11.4 Å². The second kappa shape index (κ2) is 3.84. The molecule has 1 saturated heterocycles. The predicted octanol–water partition coefficient (Wildman–Crippen LogP) is 3.53. The molecule has 1 aliphatic heterocycles. The summed E-state index contributed by atoms with van der Waals surface area (Å²) in [6.07, 6.45) is -10.7. The summed E-state index contributed by atoms with van der Waals surface area (Å²) in [4.78, 5) is 3.55. The van der Waals surface area contributed by atoms with E-state index < -0.39 is 24.0 Å². The van der Waals surface area contributed by atoms with Gasteiger partial charge in [0.2, 0.25) is 0 Å². The molecule has 2 heterocycles. The normalized spacial score (nSPS) is 32.9. The average molecular weight is 291 g/mol. The van der Waals surface area contributed by atoms with E-state index >= 15 is 0 Å². The molecule has 102 valence electrons. The van der Waals surface area contributed by atoms with Gasteiger partial charge in [-0.3, -0.25) is 0 Å². The molecule has 0 radical (unpaired) electrons. The van der Waals surface area contributed by atoms with Crippen molar-refractivity contribution in [3.05, 3.63) is 22.4 Å². The van der Waals surface area contributed by atoms with Crippen LogP contribution in [0.1, 0.15) is 10.9 Å². The smallest absolute Gasteiger partial charge is 0.226 e. The van der Waals surface area contributed by atoms with Gasteiger partial charge in [-0.15, -0.1) is 11.3 Å². The zero-order valence-corrected chi connectivity index (χ0v) is 9.66. The molecule has 0 spiro atoms. The monoisotopic (exact) mass is 291 g/mol. The van der Waals surface area contributed by atoms with Gasteiger partial charge >= 0.3 is 18.0 Å². The molecule has 1 aliphatic rings. The number of hydroxylamine groups is 2. The molecule has 0 bridgehead atoms. The van der Waals surface area contributed by atoms with Gasteiger partial charge in [0.05, 0.1) is 0 Å². The number of alkyl halides is 6. The van der Waals surface area contributed by atoms with Gasteiger partial charge in [0.15, 0.2) is 0 Å². The van der Waals surface area contributed by atoms with Crippen molar-refractivity contribution in [2.75, 3.05) is 7.05 Å². The summed E-state index contributed by atoms with van der Waals surface area (Å²) in [5, 5.41) is 1.58. The molecule has 1 aromatic heterocycles. The number of halogens is 6. The lowest BCUT2D eigenvalue weighted by Gasteiger charge is -2.30. The van der Waals surface area contributed by atoms with Crippen LogP contribution in [-0.2, 0) is 4.84 Å². The van der Waals surface area contributed by atoms with Gasteiger partial charge < -0.3 is 0 Å². The average Bonchev–Trinajstić information content (AvgIpc) is 2.72. The van der Waals surface area contributed by atoms with Crippen molar-refractivity contribution < 1.29 is 31.2 Å². The standard InChI is InChI=1S/C9H7F6NOS/c1-16-6(5-3-2-4-18-5)7(10,8(11,12)13)9(14,15)17-16/h2-4,6H,1H3. The first-order valence-electron chi connectivity index (χ1n) is 4.70. The van der Waals surface area contributed by atoms with Gasteiger partial charge in [-0.1, -0.05) is 6.07 Å². The quantitative estimate of drug-likeness (QED) is 0.734. The molecule has 1 aromatic rings. The lowest BCUT2D eigenvalue weighted by molar-refractivity contribution is -0.370. The van der Waals surface area contributed by atoms with Gasteiger partial charge in [0.1, 0.15) is 6.04 Å². The number of thiophene rings is 1. The minimum absolute atomic E-state index is 0.186. The summed E-state index contributed by atoms with van der Waals surface area (Å²) in [5.74, 6) is 0. The molecule has 0 aliphatic carbocycles. The third kappa shape index (κ3) is 1.64. The highest BCUT2D eigenvalue weighted by atomic mass is 32.1. The maximum absolute atomic E-state index is 14.0. The number of hydrogen-bond donors (Lipinski definition) is 0. The molecule has 0 saturated carbocycles. The van der Waals surface area contributed by atoms with Crippen molar-refractivity contribution in [2.24, 2.45) is 0 Å². The Labute approximate surface area is 102 Å². The number of nitrogens with zero attached hydrogens (tertiary/aromatic N) is 1. The van der Waals surface area contributed by atoms with E-state index in [-0.39, 0.29) is 9.94 Å². The lowest BCUT2D eigenvalue weighted by Crippen LogP contribution is -2.55. The Kier molecular flexibility index (Phi) is 2.91. The van der Waals surface area contributed by atoms with Gasteiger partial charge in [0.25, 0.3) is 0 Å². The second-order valence-corrected chi connectivity index (χ2v) is 4.76. The summed E-state index contributed by atoms with van der Waals surface area (Å²) < 4.78 is 78.6. The topological polar surface area (TPSA) is 12.5 Å². The molecule has 2 nitrogen and oxygen atoms in total. The van der Waals surface area contributed by atoms with Gasteiger partial charge in [-0.2, -0.15) is 27.0 Å². The fourth-order valence-electron chi connectivity index (χ4n) is 1.85. The van der Waals surface area contributed by atoms with Crippen LogP contribution in [0.15, 0.2) is 17.5 Å². The molecular formula is C9H7F6NOS. The molecule has 2 rings (SSSR count). The fraction of sp³-hybridized carbons (Fsp3) is 0.556. The van der Waals surface area contributed by atoms with Crippen LogP contribution in [0.3, 0.4) is 0 Å². The zero-order valence-electron chi connectivity index (χ0n) is 8.84. The van der Waals surface area contributed by atoms with Crippen LogP contribution < -0.4 is 0 Å². The minimum Gasteiger partial charge on any atom is -0.226 e. The third-order valence-electron chi connectivity index (χ3n) is 2.65. The summed E-state index contributed by atoms with van der Waals surface area (Å²) in [7, 11) is 0.839. The molecule has 2 unspecified atom stereocenters. The van der Waals surface area contributed by atoms with Gasteiger partial charge in [-0.05, 0) is 11.4 Å². The van der Waals surface area contributed by atoms with Crippen molar-refractivity contribution in [3.8, 4) is 0 Å². The fourth-order valence-corrected chi connectivity index (χ4v) is 2.76. The summed E-state index contributed by atoms with van der Waals surface area (Å²) >= 11 is 0.748. The van der Waals surface area contributed by atoms with Crippen molar-refractivity contribution in [3.63, 3.8) is 0 Å². The van der Waals surface area contributed by atoms with Crippen LogP contribution in [0.5, 0.6) is 0 Å². The first-order valence-corrected chi connectivity index (χ1v) is 5.58. The van der Waals surface area contributed by atoms with Crippen molar-refractivity contribution >= 4 is 11.3 Å². The Bertz CT molecular complexity index is 433. The van der Waals surface area contributed by atoms with Crippen LogP contribution in [0, 0.1) is 0 Å². The Morgan fingerprint density at radius 3 is 2.39 bits per heavy atom. The first-order chi connectivity index (χ1) is 8.11. The Morgan fingerprint density at radius 2 is 1.94 bits per heavy atom. The van der Waals surface area contributed by atoms with E-state index in [2.05, 4.69) is 4.84 Å². The van der Waals surface area contributed by atoms with Gasteiger partial charge in [-0.25, -0.2) is 9.23 Å². The van der Waals surface area contributed by atoms with Crippen molar-refractivity contribution in [1.29, 1.82) is 0 Å².